The fraction of sp³-hybridized carbons (Fsp3) is 0.938. The van der Waals surface area contributed by atoms with Gasteiger partial charge in [-0.05, 0) is 25.2 Å². The molecular formula is C16H29NO2. The predicted octanol–water partition coefficient (Wildman–Crippen LogP) is 3.09. The summed E-state index contributed by atoms with van der Waals surface area (Å²) in [5, 5.41) is 0. The second-order valence-corrected chi connectivity index (χ2v) is 6.37. The van der Waals surface area contributed by atoms with Crippen molar-refractivity contribution in [3.63, 3.8) is 0 Å². The van der Waals surface area contributed by atoms with E-state index in [-0.39, 0.29) is 0 Å². The van der Waals surface area contributed by atoms with Gasteiger partial charge in [-0.3, -0.25) is 4.79 Å². The molecule has 1 unspecified atom stereocenters. The van der Waals surface area contributed by atoms with Gasteiger partial charge in [-0.2, -0.15) is 0 Å². The molecule has 3 aliphatic rings. The van der Waals surface area contributed by atoms with Gasteiger partial charge in [0.25, 0.3) is 0 Å². The molecule has 0 aromatic heterocycles. The standard InChI is InChI=1S/C14H23NO2.C2H6/c1-2-11-3-4-14(6-11)9-15(10-14)13(16)5-12-7-17-8-12;1-2/h11-12H,2-10H2,1H3;1-2H3. The van der Waals surface area contributed by atoms with Crippen LogP contribution in [-0.2, 0) is 9.53 Å². The second-order valence-electron chi connectivity index (χ2n) is 6.37. The van der Waals surface area contributed by atoms with Crippen molar-refractivity contribution in [3.05, 3.63) is 0 Å². The number of nitrogens with zero attached hydrogens (tertiary/aromatic N) is 1. The fourth-order valence-corrected chi connectivity index (χ4v) is 3.68. The van der Waals surface area contributed by atoms with Crippen molar-refractivity contribution < 1.29 is 9.53 Å². The van der Waals surface area contributed by atoms with Gasteiger partial charge >= 0.3 is 0 Å². The van der Waals surface area contributed by atoms with Crippen LogP contribution in [0.5, 0.6) is 0 Å². The van der Waals surface area contributed by atoms with Crippen molar-refractivity contribution >= 4 is 5.91 Å². The highest BCUT2D eigenvalue weighted by atomic mass is 16.5. The topological polar surface area (TPSA) is 29.5 Å². The molecule has 1 spiro atoms. The lowest BCUT2D eigenvalue weighted by Gasteiger charge is -2.49. The minimum absolute atomic E-state index is 0.365. The van der Waals surface area contributed by atoms with Gasteiger partial charge in [-0.25, -0.2) is 0 Å². The second kappa shape index (κ2) is 6.25. The lowest BCUT2D eigenvalue weighted by atomic mass is 9.77. The van der Waals surface area contributed by atoms with E-state index in [1.807, 2.05) is 13.8 Å². The molecule has 3 heteroatoms. The van der Waals surface area contributed by atoms with Gasteiger partial charge in [0.1, 0.15) is 0 Å². The van der Waals surface area contributed by atoms with Crippen LogP contribution in [-0.4, -0.2) is 37.1 Å². The summed E-state index contributed by atoms with van der Waals surface area (Å²) in [6.45, 7) is 9.96. The molecule has 0 radical (unpaired) electrons. The number of carbonyl (C=O) groups excluding carboxylic acids is 1. The van der Waals surface area contributed by atoms with Gasteiger partial charge in [0.05, 0.1) is 13.2 Å². The van der Waals surface area contributed by atoms with E-state index in [1.54, 1.807) is 0 Å². The first-order valence-electron chi connectivity index (χ1n) is 8.06. The van der Waals surface area contributed by atoms with E-state index in [4.69, 9.17) is 4.74 Å². The molecule has 2 aliphatic heterocycles. The van der Waals surface area contributed by atoms with E-state index < -0.39 is 0 Å². The van der Waals surface area contributed by atoms with E-state index in [0.29, 0.717) is 23.7 Å². The summed E-state index contributed by atoms with van der Waals surface area (Å²) in [5.41, 5.74) is 0.520. The predicted molar refractivity (Wildman–Crippen MR) is 76.9 cm³/mol. The van der Waals surface area contributed by atoms with E-state index in [0.717, 1.165) is 32.2 Å². The average Bonchev–Trinajstić information content (AvgIpc) is 2.78. The highest BCUT2D eigenvalue weighted by Gasteiger charge is 2.49. The smallest absolute Gasteiger partial charge is 0.223 e. The largest absolute Gasteiger partial charge is 0.381 e. The molecule has 0 aromatic carbocycles. The Kier molecular flexibility index (Phi) is 4.88. The summed E-state index contributed by atoms with van der Waals surface area (Å²) in [6, 6.07) is 0. The van der Waals surface area contributed by atoms with Crippen LogP contribution in [0.15, 0.2) is 0 Å². The summed E-state index contributed by atoms with van der Waals surface area (Å²) in [6.07, 6.45) is 6.12. The molecule has 0 aromatic rings. The number of carbonyl (C=O) groups is 1. The van der Waals surface area contributed by atoms with Crippen LogP contribution >= 0.6 is 0 Å². The molecule has 2 heterocycles. The molecule has 19 heavy (non-hydrogen) atoms. The van der Waals surface area contributed by atoms with Gasteiger partial charge in [0, 0.05) is 30.8 Å². The Labute approximate surface area is 117 Å². The number of hydrogen-bond acceptors (Lipinski definition) is 2. The zero-order chi connectivity index (χ0) is 13.9. The van der Waals surface area contributed by atoms with Crippen molar-refractivity contribution in [2.45, 2.75) is 52.9 Å². The zero-order valence-corrected chi connectivity index (χ0v) is 12.8. The van der Waals surface area contributed by atoms with Crippen molar-refractivity contribution in [1.29, 1.82) is 0 Å². The number of hydrogen-bond donors (Lipinski definition) is 0. The van der Waals surface area contributed by atoms with E-state index >= 15 is 0 Å². The molecule has 1 amide bonds. The van der Waals surface area contributed by atoms with Crippen molar-refractivity contribution in [1.82, 2.24) is 4.90 Å². The van der Waals surface area contributed by atoms with Crippen LogP contribution in [0.4, 0.5) is 0 Å². The molecule has 0 N–H and O–H groups in total. The molecule has 1 aliphatic carbocycles. The van der Waals surface area contributed by atoms with E-state index in [9.17, 15) is 4.79 Å². The van der Waals surface area contributed by atoms with Crippen LogP contribution in [0.3, 0.4) is 0 Å². The average molecular weight is 267 g/mol. The minimum atomic E-state index is 0.365. The number of likely N-dealkylation sites (tertiary alicyclic amines) is 1. The summed E-state index contributed by atoms with van der Waals surface area (Å²) in [5.74, 6) is 1.79. The number of ether oxygens (including phenoxy) is 1. The number of amides is 1. The van der Waals surface area contributed by atoms with Gasteiger partial charge in [0.2, 0.25) is 5.91 Å². The van der Waals surface area contributed by atoms with Crippen molar-refractivity contribution in [3.8, 4) is 0 Å². The molecule has 1 saturated carbocycles. The Hall–Kier alpha value is -0.570. The molecule has 3 nitrogen and oxygen atoms in total. The van der Waals surface area contributed by atoms with E-state index in [1.165, 1.54) is 25.7 Å². The van der Waals surface area contributed by atoms with Gasteiger partial charge < -0.3 is 9.64 Å². The maximum absolute atomic E-state index is 12.0. The summed E-state index contributed by atoms with van der Waals surface area (Å²) in [4.78, 5) is 14.1. The Morgan fingerprint density at radius 3 is 2.42 bits per heavy atom. The normalized spacial score (nSPS) is 28.4. The molecule has 3 rings (SSSR count). The zero-order valence-electron chi connectivity index (χ0n) is 12.8. The van der Waals surface area contributed by atoms with Gasteiger partial charge in [-0.15, -0.1) is 0 Å². The SMILES string of the molecule is CC.CCC1CCC2(C1)CN(C(=O)CC1COC1)C2. The summed E-state index contributed by atoms with van der Waals surface area (Å²) in [7, 11) is 0. The molecule has 0 bridgehead atoms. The Bertz CT molecular complexity index is 306. The Morgan fingerprint density at radius 1 is 1.26 bits per heavy atom. The molecule has 3 fully saturated rings. The molecule has 110 valence electrons. The van der Waals surface area contributed by atoms with Crippen LogP contribution in [0.1, 0.15) is 52.9 Å². The third-order valence-corrected chi connectivity index (χ3v) is 4.96. The molecular weight excluding hydrogens is 238 g/mol. The monoisotopic (exact) mass is 267 g/mol. The van der Waals surface area contributed by atoms with Gasteiger partial charge in [-0.1, -0.05) is 27.2 Å². The third-order valence-electron chi connectivity index (χ3n) is 4.96. The maximum Gasteiger partial charge on any atom is 0.223 e. The highest BCUT2D eigenvalue weighted by molar-refractivity contribution is 5.77. The minimum Gasteiger partial charge on any atom is -0.381 e. The van der Waals surface area contributed by atoms with Crippen molar-refractivity contribution in [2.75, 3.05) is 26.3 Å². The number of rotatable bonds is 3. The van der Waals surface area contributed by atoms with E-state index in [2.05, 4.69) is 11.8 Å². The van der Waals surface area contributed by atoms with Gasteiger partial charge in [0.15, 0.2) is 0 Å². The lowest BCUT2D eigenvalue weighted by molar-refractivity contribution is -0.148. The summed E-state index contributed by atoms with van der Waals surface area (Å²) < 4.78 is 5.12. The lowest BCUT2D eigenvalue weighted by Crippen LogP contribution is -2.57. The van der Waals surface area contributed by atoms with Crippen LogP contribution < -0.4 is 0 Å². The Balaban J connectivity index is 0.000000637. The molecule has 2 saturated heterocycles. The quantitative estimate of drug-likeness (QED) is 0.786. The first-order chi connectivity index (χ1) is 9.21. The third kappa shape index (κ3) is 3.13. The van der Waals surface area contributed by atoms with Crippen LogP contribution in [0, 0.1) is 17.3 Å². The summed E-state index contributed by atoms with van der Waals surface area (Å²) >= 11 is 0. The fourth-order valence-electron chi connectivity index (χ4n) is 3.68. The first-order valence-corrected chi connectivity index (χ1v) is 8.06. The highest BCUT2D eigenvalue weighted by Crippen LogP contribution is 2.49. The van der Waals surface area contributed by atoms with Crippen molar-refractivity contribution in [2.24, 2.45) is 17.3 Å². The first kappa shape index (κ1) is 14.8. The maximum atomic E-state index is 12.0. The Morgan fingerprint density at radius 2 is 1.95 bits per heavy atom. The van der Waals surface area contributed by atoms with Crippen LogP contribution in [0.25, 0.3) is 0 Å². The molecule has 1 atom stereocenters. The van der Waals surface area contributed by atoms with Crippen LogP contribution in [0.2, 0.25) is 0 Å².